The molecule has 0 aromatic rings. The number of carbonyl (C=O) groups excluding carboxylic acids is 1. The number of unbranched alkanes of at least 4 members (excludes halogenated alkanes) is 27. The Balaban J connectivity index is 3.26. The minimum atomic E-state index is -0.716. The van der Waals surface area contributed by atoms with Crippen molar-refractivity contribution in [3.05, 3.63) is 0 Å². The number of aliphatic hydroxyl groups excluding tert-OH is 1. The monoisotopic (exact) mass is 583 g/mol. The number of aliphatic hydroxyl groups is 1. The first kappa shape index (κ1) is 40.4. The lowest BCUT2D eigenvalue weighted by molar-refractivity contribution is -0.147. The van der Waals surface area contributed by atoms with Crippen molar-refractivity contribution in [2.45, 2.75) is 213 Å². The molecular formula is C37H74O4. The van der Waals surface area contributed by atoms with E-state index in [1.54, 1.807) is 0 Å². The molecule has 0 amide bonds. The zero-order chi connectivity index (χ0) is 29.9. The smallest absolute Gasteiger partial charge is 0.305 e. The fourth-order valence-corrected chi connectivity index (χ4v) is 5.57. The van der Waals surface area contributed by atoms with Gasteiger partial charge < -0.3 is 14.6 Å². The van der Waals surface area contributed by atoms with Crippen LogP contribution in [-0.4, -0.2) is 37.0 Å². The van der Waals surface area contributed by atoms with E-state index in [0.717, 1.165) is 19.3 Å². The van der Waals surface area contributed by atoms with Crippen molar-refractivity contribution in [3.63, 3.8) is 0 Å². The summed E-state index contributed by atoms with van der Waals surface area (Å²) < 4.78 is 10.8. The van der Waals surface area contributed by atoms with Gasteiger partial charge in [0.25, 0.3) is 0 Å². The second kappa shape index (κ2) is 35.6. The van der Waals surface area contributed by atoms with Gasteiger partial charge in [-0.15, -0.1) is 0 Å². The lowest BCUT2D eigenvalue weighted by Crippen LogP contribution is -2.24. The van der Waals surface area contributed by atoms with Crippen LogP contribution in [0.1, 0.15) is 206 Å². The number of hydrogen-bond acceptors (Lipinski definition) is 4. The third kappa shape index (κ3) is 35.5. The molecule has 41 heavy (non-hydrogen) atoms. The summed E-state index contributed by atoms with van der Waals surface area (Å²) in [7, 11) is 0. The van der Waals surface area contributed by atoms with Crippen molar-refractivity contribution in [3.8, 4) is 0 Å². The molecule has 1 unspecified atom stereocenters. The van der Waals surface area contributed by atoms with E-state index in [1.165, 1.54) is 167 Å². The predicted molar refractivity (Wildman–Crippen MR) is 178 cm³/mol. The number of esters is 1. The van der Waals surface area contributed by atoms with Gasteiger partial charge in [0.05, 0.1) is 6.61 Å². The second-order valence-corrected chi connectivity index (χ2v) is 12.7. The van der Waals surface area contributed by atoms with Crippen LogP contribution in [0.15, 0.2) is 0 Å². The molecule has 0 aliphatic carbocycles. The average Bonchev–Trinajstić information content (AvgIpc) is 2.97. The normalized spacial score (nSPS) is 12.2. The number of hydrogen-bond donors (Lipinski definition) is 1. The standard InChI is InChI=1S/C37H74O4/c1-3-5-7-9-11-13-15-17-19-20-22-24-26-28-30-32-37(39)41-35-36(38)34-40-33-31-29-27-25-23-21-18-16-14-12-10-8-6-4-2/h36,38H,3-35H2,1-2H3. The maximum Gasteiger partial charge on any atom is 0.305 e. The van der Waals surface area contributed by atoms with Crippen LogP contribution >= 0.6 is 0 Å². The Hall–Kier alpha value is -0.610. The Kier molecular flexibility index (Phi) is 35.1. The van der Waals surface area contributed by atoms with E-state index in [-0.39, 0.29) is 19.2 Å². The van der Waals surface area contributed by atoms with E-state index in [1.807, 2.05) is 0 Å². The molecule has 4 nitrogen and oxygen atoms in total. The molecule has 0 aliphatic rings. The molecule has 4 heteroatoms. The zero-order valence-electron chi connectivity index (χ0n) is 28.1. The van der Waals surface area contributed by atoms with Crippen LogP contribution in [-0.2, 0) is 14.3 Å². The molecule has 1 N–H and O–H groups in total. The fraction of sp³-hybridized carbons (Fsp3) is 0.973. The summed E-state index contributed by atoms with van der Waals surface area (Å²) >= 11 is 0. The molecule has 0 heterocycles. The van der Waals surface area contributed by atoms with Crippen LogP contribution in [0.5, 0.6) is 0 Å². The van der Waals surface area contributed by atoms with Gasteiger partial charge in [-0.05, 0) is 12.8 Å². The van der Waals surface area contributed by atoms with Crippen LogP contribution in [0.3, 0.4) is 0 Å². The van der Waals surface area contributed by atoms with Crippen LogP contribution in [0.4, 0.5) is 0 Å². The van der Waals surface area contributed by atoms with Crippen molar-refractivity contribution in [2.75, 3.05) is 19.8 Å². The van der Waals surface area contributed by atoms with Crippen LogP contribution in [0.25, 0.3) is 0 Å². The molecule has 246 valence electrons. The maximum atomic E-state index is 11.9. The second-order valence-electron chi connectivity index (χ2n) is 12.7. The highest BCUT2D eigenvalue weighted by molar-refractivity contribution is 5.69. The average molecular weight is 583 g/mol. The maximum absolute atomic E-state index is 11.9. The van der Waals surface area contributed by atoms with Gasteiger partial charge in [-0.3, -0.25) is 4.79 Å². The number of carbonyl (C=O) groups is 1. The van der Waals surface area contributed by atoms with Gasteiger partial charge in [-0.2, -0.15) is 0 Å². The SMILES string of the molecule is CCCCCCCCCCCCCCCCCC(=O)OCC(O)COCCCCCCCCCCCCCCCC. The van der Waals surface area contributed by atoms with Crippen molar-refractivity contribution < 1.29 is 19.4 Å². The Bertz CT molecular complexity index is 495. The highest BCUT2D eigenvalue weighted by atomic mass is 16.5. The molecular weight excluding hydrogens is 508 g/mol. The summed E-state index contributed by atoms with van der Waals surface area (Å²) in [5, 5.41) is 10.0. The summed E-state index contributed by atoms with van der Waals surface area (Å²) in [6.45, 7) is 5.55. The quantitative estimate of drug-likeness (QED) is 0.0596. The van der Waals surface area contributed by atoms with Gasteiger partial charge in [0.15, 0.2) is 0 Å². The van der Waals surface area contributed by atoms with Crippen molar-refractivity contribution in [2.24, 2.45) is 0 Å². The Morgan fingerprint density at radius 3 is 1.15 bits per heavy atom. The summed E-state index contributed by atoms with van der Waals surface area (Å²) in [4.78, 5) is 11.9. The van der Waals surface area contributed by atoms with Gasteiger partial charge in [0.1, 0.15) is 12.7 Å². The van der Waals surface area contributed by atoms with E-state index in [9.17, 15) is 9.90 Å². The van der Waals surface area contributed by atoms with Gasteiger partial charge in [-0.1, -0.05) is 187 Å². The van der Waals surface area contributed by atoms with E-state index in [0.29, 0.717) is 13.0 Å². The molecule has 0 saturated heterocycles. The third-order valence-corrected chi connectivity index (χ3v) is 8.37. The lowest BCUT2D eigenvalue weighted by atomic mass is 10.0. The molecule has 1 atom stereocenters. The summed E-state index contributed by atoms with van der Waals surface area (Å²) in [5.74, 6) is -0.189. The molecule has 0 radical (unpaired) electrons. The van der Waals surface area contributed by atoms with Crippen LogP contribution in [0, 0.1) is 0 Å². The number of rotatable bonds is 35. The molecule has 0 fully saturated rings. The molecule has 0 aliphatic heterocycles. The Labute approximate surface area is 257 Å². The lowest BCUT2D eigenvalue weighted by Gasteiger charge is -2.12. The first-order chi connectivity index (χ1) is 20.2. The van der Waals surface area contributed by atoms with E-state index < -0.39 is 6.10 Å². The van der Waals surface area contributed by atoms with E-state index in [4.69, 9.17) is 9.47 Å². The van der Waals surface area contributed by atoms with Crippen LogP contribution in [0.2, 0.25) is 0 Å². The van der Waals surface area contributed by atoms with Crippen molar-refractivity contribution in [1.82, 2.24) is 0 Å². The topological polar surface area (TPSA) is 55.8 Å². The van der Waals surface area contributed by atoms with Crippen LogP contribution < -0.4 is 0 Å². The first-order valence-electron chi connectivity index (χ1n) is 18.6. The third-order valence-electron chi connectivity index (χ3n) is 8.37. The molecule has 0 saturated carbocycles. The van der Waals surface area contributed by atoms with Crippen molar-refractivity contribution in [1.29, 1.82) is 0 Å². The van der Waals surface area contributed by atoms with Gasteiger partial charge in [0, 0.05) is 13.0 Å². The zero-order valence-corrected chi connectivity index (χ0v) is 28.1. The molecule has 0 aromatic carbocycles. The van der Waals surface area contributed by atoms with Gasteiger partial charge >= 0.3 is 5.97 Å². The molecule has 0 bridgehead atoms. The summed E-state index contributed by atoms with van der Waals surface area (Å²) in [6, 6.07) is 0. The molecule has 0 aromatic heterocycles. The molecule has 0 rings (SSSR count). The highest BCUT2D eigenvalue weighted by Gasteiger charge is 2.09. The summed E-state index contributed by atoms with van der Waals surface area (Å²) in [5.41, 5.74) is 0. The highest BCUT2D eigenvalue weighted by Crippen LogP contribution is 2.15. The first-order valence-corrected chi connectivity index (χ1v) is 18.6. The predicted octanol–water partition coefficient (Wildman–Crippen LogP) is 11.6. The van der Waals surface area contributed by atoms with Gasteiger partial charge in [-0.25, -0.2) is 0 Å². The largest absolute Gasteiger partial charge is 0.463 e. The minimum Gasteiger partial charge on any atom is -0.463 e. The summed E-state index contributed by atoms with van der Waals surface area (Å²) in [6.07, 6.45) is 38.4. The Morgan fingerprint density at radius 1 is 0.463 bits per heavy atom. The number of ether oxygens (including phenoxy) is 2. The van der Waals surface area contributed by atoms with Gasteiger partial charge in [0.2, 0.25) is 0 Å². The van der Waals surface area contributed by atoms with E-state index in [2.05, 4.69) is 13.8 Å². The van der Waals surface area contributed by atoms with Crippen molar-refractivity contribution >= 4 is 5.97 Å². The Morgan fingerprint density at radius 2 is 0.780 bits per heavy atom. The fourth-order valence-electron chi connectivity index (χ4n) is 5.57. The molecule has 0 spiro atoms. The van der Waals surface area contributed by atoms with E-state index >= 15 is 0 Å². The minimum absolute atomic E-state index is 0.0519.